The van der Waals surface area contributed by atoms with E-state index in [1.807, 2.05) is 6.07 Å². The van der Waals surface area contributed by atoms with Gasteiger partial charge in [0.1, 0.15) is 0 Å². The zero-order valence-electron chi connectivity index (χ0n) is 11.0. The Morgan fingerprint density at radius 2 is 2.25 bits per heavy atom. The molecule has 0 radical (unpaired) electrons. The van der Waals surface area contributed by atoms with E-state index >= 15 is 0 Å². The third kappa shape index (κ3) is 3.62. The van der Waals surface area contributed by atoms with Gasteiger partial charge in [0.2, 0.25) is 0 Å². The SMILES string of the molecule is CCOC(=O)C1CCCN(C(=O)c2cc(Br)c(Br)s2)C1. The van der Waals surface area contributed by atoms with Crippen LogP contribution in [0.15, 0.2) is 14.3 Å². The molecular formula is C13H15Br2NO3S. The second-order valence-electron chi connectivity index (χ2n) is 4.57. The molecule has 2 rings (SSSR count). The fraction of sp³-hybridized carbons (Fsp3) is 0.538. The third-order valence-electron chi connectivity index (χ3n) is 3.18. The summed E-state index contributed by atoms with van der Waals surface area (Å²) in [6, 6.07) is 1.81. The number of halogens is 2. The summed E-state index contributed by atoms with van der Waals surface area (Å²) >= 11 is 8.17. The molecule has 1 unspecified atom stereocenters. The van der Waals surface area contributed by atoms with Crippen LogP contribution in [0.3, 0.4) is 0 Å². The minimum atomic E-state index is -0.196. The number of likely N-dealkylation sites (tertiary alicyclic amines) is 1. The highest BCUT2D eigenvalue weighted by Crippen LogP contribution is 2.33. The first-order valence-electron chi connectivity index (χ1n) is 6.43. The van der Waals surface area contributed by atoms with Gasteiger partial charge in [0.25, 0.3) is 5.91 Å². The molecule has 20 heavy (non-hydrogen) atoms. The number of amides is 1. The van der Waals surface area contributed by atoms with Crippen molar-refractivity contribution >= 4 is 55.1 Å². The van der Waals surface area contributed by atoms with Crippen LogP contribution in [0.1, 0.15) is 29.4 Å². The van der Waals surface area contributed by atoms with Crippen molar-refractivity contribution in [1.82, 2.24) is 4.90 Å². The average Bonchev–Trinajstić information content (AvgIpc) is 2.78. The Balaban J connectivity index is 2.05. The molecule has 2 heterocycles. The lowest BCUT2D eigenvalue weighted by molar-refractivity contribution is -0.149. The molecule has 110 valence electrons. The number of esters is 1. The van der Waals surface area contributed by atoms with Crippen LogP contribution in [0.25, 0.3) is 0 Å². The van der Waals surface area contributed by atoms with Crippen molar-refractivity contribution in [2.45, 2.75) is 19.8 Å². The van der Waals surface area contributed by atoms with Gasteiger partial charge in [0.05, 0.1) is 21.2 Å². The topological polar surface area (TPSA) is 46.6 Å². The molecule has 1 saturated heterocycles. The van der Waals surface area contributed by atoms with Crippen LogP contribution in [0, 0.1) is 5.92 Å². The number of nitrogens with zero attached hydrogens (tertiary/aromatic N) is 1. The maximum absolute atomic E-state index is 12.4. The summed E-state index contributed by atoms with van der Waals surface area (Å²) < 4.78 is 6.83. The molecule has 0 spiro atoms. The molecule has 0 bridgehead atoms. The van der Waals surface area contributed by atoms with Gasteiger partial charge in [0, 0.05) is 17.6 Å². The van der Waals surface area contributed by atoms with Crippen LogP contribution in [0.4, 0.5) is 0 Å². The summed E-state index contributed by atoms with van der Waals surface area (Å²) in [4.78, 5) is 26.6. The van der Waals surface area contributed by atoms with Gasteiger partial charge in [-0.25, -0.2) is 0 Å². The van der Waals surface area contributed by atoms with Crippen molar-refractivity contribution in [3.63, 3.8) is 0 Å². The van der Waals surface area contributed by atoms with Gasteiger partial charge in [-0.1, -0.05) is 0 Å². The summed E-state index contributed by atoms with van der Waals surface area (Å²) in [5, 5.41) is 0. The maximum Gasteiger partial charge on any atom is 0.310 e. The molecular weight excluding hydrogens is 410 g/mol. The van der Waals surface area contributed by atoms with Gasteiger partial charge in [-0.15, -0.1) is 11.3 Å². The first kappa shape index (κ1) is 16.0. The molecule has 1 amide bonds. The van der Waals surface area contributed by atoms with E-state index < -0.39 is 0 Å². The number of rotatable bonds is 3. The summed E-state index contributed by atoms with van der Waals surface area (Å²) in [5.74, 6) is -0.409. The Kier molecular flexibility index (Phi) is 5.63. The van der Waals surface area contributed by atoms with Gasteiger partial charge in [-0.3, -0.25) is 9.59 Å². The Labute approximate surface area is 138 Å². The second-order valence-corrected chi connectivity index (χ2v) is 7.80. The van der Waals surface area contributed by atoms with E-state index in [0.717, 1.165) is 21.1 Å². The highest BCUT2D eigenvalue weighted by Gasteiger charge is 2.30. The molecule has 0 aliphatic carbocycles. The van der Waals surface area contributed by atoms with E-state index in [1.54, 1.807) is 11.8 Å². The van der Waals surface area contributed by atoms with E-state index in [0.29, 0.717) is 24.6 Å². The lowest BCUT2D eigenvalue weighted by atomic mass is 9.98. The van der Waals surface area contributed by atoms with Crippen molar-refractivity contribution < 1.29 is 14.3 Å². The molecule has 1 aromatic heterocycles. The summed E-state index contributed by atoms with van der Waals surface area (Å²) in [5.41, 5.74) is 0. The second kappa shape index (κ2) is 7.04. The molecule has 1 atom stereocenters. The number of thiophene rings is 1. The Morgan fingerprint density at radius 1 is 1.50 bits per heavy atom. The zero-order valence-corrected chi connectivity index (χ0v) is 15.0. The number of carbonyl (C=O) groups excluding carboxylic acids is 2. The molecule has 1 fully saturated rings. The maximum atomic E-state index is 12.4. The normalized spacial score (nSPS) is 18.9. The first-order valence-corrected chi connectivity index (χ1v) is 8.84. The summed E-state index contributed by atoms with van der Waals surface area (Å²) in [7, 11) is 0. The lowest BCUT2D eigenvalue weighted by Gasteiger charge is -2.31. The van der Waals surface area contributed by atoms with Crippen LogP contribution >= 0.6 is 43.2 Å². The molecule has 0 saturated carbocycles. The van der Waals surface area contributed by atoms with Crippen LogP contribution < -0.4 is 0 Å². The van der Waals surface area contributed by atoms with E-state index in [4.69, 9.17) is 4.74 Å². The fourth-order valence-electron chi connectivity index (χ4n) is 2.22. The molecule has 7 heteroatoms. The van der Waals surface area contributed by atoms with Crippen molar-refractivity contribution in [1.29, 1.82) is 0 Å². The first-order chi connectivity index (χ1) is 9.52. The average molecular weight is 425 g/mol. The number of piperidine rings is 1. The number of carbonyl (C=O) groups is 2. The fourth-order valence-corrected chi connectivity index (χ4v) is 4.23. The lowest BCUT2D eigenvalue weighted by Crippen LogP contribution is -2.42. The number of hydrogen-bond acceptors (Lipinski definition) is 4. The Hall–Kier alpha value is -0.400. The molecule has 4 nitrogen and oxygen atoms in total. The number of hydrogen-bond donors (Lipinski definition) is 0. The van der Waals surface area contributed by atoms with E-state index in [-0.39, 0.29) is 17.8 Å². The van der Waals surface area contributed by atoms with Gasteiger partial charge < -0.3 is 9.64 Å². The van der Waals surface area contributed by atoms with Crippen LogP contribution in [-0.2, 0) is 9.53 Å². The Morgan fingerprint density at radius 3 is 2.85 bits per heavy atom. The minimum absolute atomic E-state index is 0.0181. The van der Waals surface area contributed by atoms with Crippen LogP contribution in [-0.4, -0.2) is 36.5 Å². The molecule has 1 aromatic rings. The summed E-state index contributed by atoms with van der Waals surface area (Å²) in [6.07, 6.45) is 1.63. The standard InChI is InChI=1S/C13H15Br2NO3S/c1-2-19-13(18)8-4-3-5-16(7-8)12(17)10-6-9(14)11(15)20-10/h6,8H,2-5,7H2,1H3. The van der Waals surface area contributed by atoms with Crippen LogP contribution in [0.5, 0.6) is 0 Å². The van der Waals surface area contributed by atoms with Gasteiger partial charge in [-0.05, 0) is 57.7 Å². The highest BCUT2D eigenvalue weighted by atomic mass is 79.9. The van der Waals surface area contributed by atoms with Crippen LogP contribution in [0.2, 0.25) is 0 Å². The predicted molar refractivity (Wildman–Crippen MR) is 85.0 cm³/mol. The molecule has 1 aliphatic rings. The van der Waals surface area contributed by atoms with E-state index in [9.17, 15) is 9.59 Å². The van der Waals surface area contributed by atoms with Crippen molar-refractivity contribution in [2.75, 3.05) is 19.7 Å². The van der Waals surface area contributed by atoms with E-state index in [2.05, 4.69) is 31.9 Å². The third-order valence-corrected chi connectivity index (χ3v) is 6.43. The van der Waals surface area contributed by atoms with Crippen molar-refractivity contribution in [3.8, 4) is 0 Å². The van der Waals surface area contributed by atoms with Crippen molar-refractivity contribution in [2.24, 2.45) is 5.92 Å². The Bertz CT molecular complexity index is 498. The largest absolute Gasteiger partial charge is 0.466 e. The minimum Gasteiger partial charge on any atom is -0.466 e. The monoisotopic (exact) mass is 423 g/mol. The predicted octanol–water partition coefficient (Wildman–Crippen LogP) is 3.69. The number of ether oxygens (including phenoxy) is 1. The van der Waals surface area contributed by atoms with Gasteiger partial charge >= 0.3 is 5.97 Å². The van der Waals surface area contributed by atoms with Gasteiger partial charge in [-0.2, -0.15) is 0 Å². The van der Waals surface area contributed by atoms with Gasteiger partial charge in [0.15, 0.2) is 0 Å². The quantitative estimate of drug-likeness (QED) is 0.695. The molecule has 0 N–H and O–H groups in total. The van der Waals surface area contributed by atoms with E-state index in [1.165, 1.54) is 11.3 Å². The molecule has 0 aromatic carbocycles. The smallest absolute Gasteiger partial charge is 0.310 e. The van der Waals surface area contributed by atoms with Crippen molar-refractivity contribution in [3.05, 3.63) is 19.2 Å². The highest BCUT2D eigenvalue weighted by molar-refractivity contribution is 9.13. The zero-order chi connectivity index (χ0) is 14.7. The molecule has 1 aliphatic heterocycles. The summed E-state index contributed by atoms with van der Waals surface area (Å²) in [6.45, 7) is 3.32.